The average Bonchev–Trinajstić information content (AvgIpc) is 3.12. The summed E-state index contributed by atoms with van der Waals surface area (Å²) in [5, 5.41) is 9.49. The highest BCUT2D eigenvalue weighted by Gasteiger charge is 2.28. The van der Waals surface area contributed by atoms with Crippen molar-refractivity contribution in [3.8, 4) is 10.7 Å². The van der Waals surface area contributed by atoms with Gasteiger partial charge in [-0.2, -0.15) is 4.98 Å². The first kappa shape index (κ1) is 13.7. The first-order valence-corrected chi connectivity index (χ1v) is 7.84. The minimum Gasteiger partial charge on any atom is -0.338 e. The molecule has 3 rings (SSSR count). The monoisotopic (exact) mass is 292 g/mol. The van der Waals surface area contributed by atoms with E-state index in [1.54, 1.807) is 11.3 Å². The van der Waals surface area contributed by atoms with Crippen molar-refractivity contribution >= 4 is 11.3 Å². The largest absolute Gasteiger partial charge is 0.338 e. The Morgan fingerprint density at radius 1 is 1.45 bits per heavy atom. The van der Waals surface area contributed by atoms with Crippen molar-refractivity contribution in [2.45, 2.75) is 31.8 Å². The van der Waals surface area contributed by atoms with Gasteiger partial charge in [0, 0.05) is 18.6 Å². The predicted octanol–water partition coefficient (Wildman–Crippen LogP) is 2.37. The van der Waals surface area contributed by atoms with Crippen LogP contribution >= 0.6 is 11.3 Å². The zero-order valence-electron chi connectivity index (χ0n) is 11.9. The molecule has 0 aromatic carbocycles. The molecule has 0 bridgehead atoms. The van der Waals surface area contributed by atoms with Gasteiger partial charge in [0.15, 0.2) is 0 Å². The third kappa shape index (κ3) is 2.92. The highest BCUT2D eigenvalue weighted by Crippen LogP contribution is 2.24. The van der Waals surface area contributed by atoms with Gasteiger partial charge in [0.05, 0.1) is 11.4 Å². The fourth-order valence-corrected chi connectivity index (χ4v) is 3.12. The Morgan fingerprint density at radius 3 is 2.90 bits per heavy atom. The van der Waals surface area contributed by atoms with Crippen LogP contribution in [-0.2, 0) is 6.54 Å². The molecule has 0 radical (unpaired) electrons. The SMILES string of the molecule is CNC1(C)CCN(Cc2nc(-c3cccs3)no2)CC1. The number of hydrogen-bond acceptors (Lipinski definition) is 6. The van der Waals surface area contributed by atoms with E-state index in [9.17, 15) is 0 Å². The van der Waals surface area contributed by atoms with E-state index in [0.717, 1.165) is 37.4 Å². The summed E-state index contributed by atoms with van der Waals surface area (Å²) in [4.78, 5) is 7.92. The van der Waals surface area contributed by atoms with Crippen LogP contribution in [0.2, 0.25) is 0 Å². The van der Waals surface area contributed by atoms with Crippen molar-refractivity contribution < 1.29 is 4.52 Å². The summed E-state index contributed by atoms with van der Waals surface area (Å²) in [6.45, 7) is 5.16. The Balaban J connectivity index is 1.59. The Hall–Kier alpha value is -1.24. The molecule has 3 heterocycles. The second-order valence-corrected chi connectivity index (χ2v) is 6.52. The average molecular weight is 292 g/mol. The molecule has 1 fully saturated rings. The van der Waals surface area contributed by atoms with Gasteiger partial charge in [-0.05, 0) is 38.3 Å². The van der Waals surface area contributed by atoms with Crippen molar-refractivity contribution in [1.29, 1.82) is 0 Å². The van der Waals surface area contributed by atoms with Gasteiger partial charge in [-0.25, -0.2) is 0 Å². The molecule has 0 amide bonds. The predicted molar refractivity (Wildman–Crippen MR) is 79.6 cm³/mol. The van der Waals surface area contributed by atoms with Crippen LogP contribution in [0.4, 0.5) is 0 Å². The maximum absolute atomic E-state index is 5.36. The van der Waals surface area contributed by atoms with E-state index in [1.165, 1.54) is 0 Å². The molecule has 2 aromatic rings. The van der Waals surface area contributed by atoms with E-state index in [4.69, 9.17) is 4.52 Å². The molecule has 0 atom stereocenters. The number of aromatic nitrogens is 2. The Bertz CT molecular complexity index is 543. The van der Waals surface area contributed by atoms with Crippen LogP contribution in [0.15, 0.2) is 22.0 Å². The molecule has 1 N–H and O–H groups in total. The van der Waals surface area contributed by atoms with E-state index in [1.807, 2.05) is 24.6 Å². The topological polar surface area (TPSA) is 54.2 Å². The van der Waals surface area contributed by atoms with Crippen LogP contribution in [-0.4, -0.2) is 40.7 Å². The van der Waals surface area contributed by atoms with Crippen molar-refractivity contribution in [3.05, 3.63) is 23.4 Å². The molecule has 0 aliphatic carbocycles. The van der Waals surface area contributed by atoms with Crippen LogP contribution in [0.1, 0.15) is 25.7 Å². The van der Waals surface area contributed by atoms with Gasteiger partial charge >= 0.3 is 0 Å². The quantitative estimate of drug-likeness (QED) is 0.937. The maximum atomic E-state index is 5.36. The summed E-state index contributed by atoms with van der Waals surface area (Å²) < 4.78 is 5.36. The highest BCUT2D eigenvalue weighted by molar-refractivity contribution is 7.13. The third-order valence-corrected chi connectivity index (χ3v) is 5.00. The molecular weight excluding hydrogens is 272 g/mol. The Labute approximate surface area is 123 Å². The summed E-state index contributed by atoms with van der Waals surface area (Å²) in [6.07, 6.45) is 2.30. The minimum absolute atomic E-state index is 0.271. The van der Waals surface area contributed by atoms with Gasteiger partial charge in [0.25, 0.3) is 0 Å². The normalized spacial score (nSPS) is 19.3. The van der Waals surface area contributed by atoms with E-state index >= 15 is 0 Å². The van der Waals surface area contributed by atoms with E-state index in [-0.39, 0.29) is 5.54 Å². The Morgan fingerprint density at radius 2 is 2.25 bits per heavy atom. The summed E-state index contributed by atoms with van der Waals surface area (Å²) in [5.74, 6) is 1.41. The molecule has 0 saturated carbocycles. The van der Waals surface area contributed by atoms with Crippen LogP contribution in [0.3, 0.4) is 0 Å². The van der Waals surface area contributed by atoms with Crippen LogP contribution in [0.5, 0.6) is 0 Å². The lowest BCUT2D eigenvalue weighted by Crippen LogP contribution is -2.49. The molecule has 0 unspecified atom stereocenters. The first-order chi connectivity index (χ1) is 9.68. The van der Waals surface area contributed by atoms with E-state index in [2.05, 4.69) is 27.3 Å². The van der Waals surface area contributed by atoms with Crippen LogP contribution < -0.4 is 5.32 Å². The number of rotatable bonds is 4. The molecule has 2 aromatic heterocycles. The first-order valence-electron chi connectivity index (χ1n) is 6.96. The number of piperidine rings is 1. The molecule has 1 aliphatic rings. The van der Waals surface area contributed by atoms with Gasteiger partial charge < -0.3 is 9.84 Å². The third-order valence-electron chi connectivity index (χ3n) is 4.13. The number of hydrogen-bond donors (Lipinski definition) is 1. The molecule has 1 aliphatic heterocycles. The zero-order chi connectivity index (χ0) is 14.0. The standard InChI is InChI=1S/C14H20N4OS/c1-14(15-2)5-7-18(8-6-14)10-12-16-13(17-19-12)11-4-3-9-20-11/h3-4,9,15H,5-8,10H2,1-2H3. The number of nitrogens with one attached hydrogen (secondary N) is 1. The van der Waals surface area contributed by atoms with Crippen LogP contribution in [0, 0.1) is 0 Å². The minimum atomic E-state index is 0.271. The zero-order valence-corrected chi connectivity index (χ0v) is 12.7. The van der Waals surface area contributed by atoms with Crippen molar-refractivity contribution in [3.63, 3.8) is 0 Å². The molecular formula is C14H20N4OS. The van der Waals surface area contributed by atoms with Crippen LogP contribution in [0.25, 0.3) is 10.7 Å². The Kier molecular flexibility index (Phi) is 3.87. The van der Waals surface area contributed by atoms with Gasteiger partial charge in [0.2, 0.25) is 11.7 Å². The second kappa shape index (κ2) is 5.63. The number of thiophene rings is 1. The highest BCUT2D eigenvalue weighted by atomic mass is 32.1. The lowest BCUT2D eigenvalue weighted by molar-refractivity contribution is 0.133. The fraction of sp³-hybridized carbons (Fsp3) is 0.571. The summed E-state index contributed by atoms with van der Waals surface area (Å²) >= 11 is 1.63. The summed E-state index contributed by atoms with van der Waals surface area (Å²) in [5.41, 5.74) is 0.271. The fourth-order valence-electron chi connectivity index (χ4n) is 2.47. The number of nitrogens with zero attached hydrogens (tertiary/aromatic N) is 3. The van der Waals surface area contributed by atoms with Gasteiger partial charge in [0.1, 0.15) is 0 Å². The smallest absolute Gasteiger partial charge is 0.241 e. The van der Waals surface area contributed by atoms with Crippen molar-refractivity contribution in [2.75, 3.05) is 20.1 Å². The van der Waals surface area contributed by atoms with Gasteiger partial charge in [-0.1, -0.05) is 11.2 Å². The molecule has 1 saturated heterocycles. The maximum Gasteiger partial charge on any atom is 0.241 e. The second-order valence-electron chi connectivity index (χ2n) is 5.58. The molecule has 6 heteroatoms. The molecule has 0 spiro atoms. The lowest BCUT2D eigenvalue weighted by atomic mass is 9.90. The van der Waals surface area contributed by atoms with Crippen molar-refractivity contribution in [2.24, 2.45) is 0 Å². The van der Waals surface area contributed by atoms with Gasteiger partial charge in [-0.15, -0.1) is 11.3 Å². The molecule has 108 valence electrons. The van der Waals surface area contributed by atoms with Gasteiger partial charge in [-0.3, -0.25) is 4.90 Å². The number of likely N-dealkylation sites (tertiary alicyclic amines) is 1. The summed E-state index contributed by atoms with van der Waals surface area (Å²) in [7, 11) is 2.04. The molecule has 5 nitrogen and oxygen atoms in total. The summed E-state index contributed by atoms with van der Waals surface area (Å²) in [6, 6.07) is 4.01. The van der Waals surface area contributed by atoms with E-state index in [0.29, 0.717) is 11.7 Å². The van der Waals surface area contributed by atoms with Crippen molar-refractivity contribution in [1.82, 2.24) is 20.4 Å². The lowest BCUT2D eigenvalue weighted by Gasteiger charge is -2.38. The molecule has 20 heavy (non-hydrogen) atoms. The van der Waals surface area contributed by atoms with E-state index < -0.39 is 0 Å².